The maximum Gasteiger partial charge on any atom is 0.119 e. The zero-order chi connectivity index (χ0) is 10.8. The third-order valence-corrected chi connectivity index (χ3v) is 3.23. The molecule has 2 rings (SSSR count). The summed E-state index contributed by atoms with van der Waals surface area (Å²) in [7, 11) is 1.68. The molecular weight excluding hydrogens is 188 g/mol. The lowest BCUT2D eigenvalue weighted by atomic mass is 10.0. The minimum atomic E-state index is 0.259. The summed E-state index contributed by atoms with van der Waals surface area (Å²) in [4.78, 5) is 0. The quantitative estimate of drug-likeness (QED) is 0.584. The predicted molar refractivity (Wildman–Crippen MR) is 60.3 cm³/mol. The van der Waals surface area contributed by atoms with Crippen molar-refractivity contribution in [1.82, 2.24) is 5.43 Å². The normalized spacial score (nSPS) is 26.1. The first kappa shape index (κ1) is 10.5. The Kier molecular flexibility index (Phi) is 2.93. The van der Waals surface area contributed by atoms with Crippen molar-refractivity contribution in [3.05, 3.63) is 29.8 Å². The van der Waals surface area contributed by atoms with Crippen molar-refractivity contribution in [3.8, 4) is 5.75 Å². The Morgan fingerprint density at radius 1 is 1.53 bits per heavy atom. The number of hydrogen-bond acceptors (Lipinski definition) is 3. The average Bonchev–Trinajstić information content (AvgIpc) is 2.97. The second kappa shape index (κ2) is 4.21. The molecule has 3 nitrogen and oxygen atoms in total. The van der Waals surface area contributed by atoms with Crippen LogP contribution < -0.4 is 16.0 Å². The molecule has 82 valence electrons. The van der Waals surface area contributed by atoms with Crippen LogP contribution in [0.2, 0.25) is 0 Å². The lowest BCUT2D eigenvalue weighted by Gasteiger charge is -2.16. The topological polar surface area (TPSA) is 47.3 Å². The van der Waals surface area contributed by atoms with Gasteiger partial charge in [0.2, 0.25) is 0 Å². The number of hydrogen-bond donors (Lipinski definition) is 2. The molecule has 0 amide bonds. The Hall–Kier alpha value is -1.06. The molecule has 3 atom stereocenters. The number of ether oxygens (including phenoxy) is 1. The standard InChI is InChI=1S/C12H18N2O/c1-8-6-11(8)12(14-13)9-4-3-5-10(7-9)15-2/h3-5,7-8,11-12,14H,6,13H2,1-2H3. The van der Waals surface area contributed by atoms with Crippen LogP contribution in [-0.2, 0) is 0 Å². The van der Waals surface area contributed by atoms with E-state index >= 15 is 0 Å². The Bertz CT molecular complexity index is 340. The van der Waals surface area contributed by atoms with Gasteiger partial charge in [-0.05, 0) is 36.0 Å². The van der Waals surface area contributed by atoms with Crippen LogP contribution in [0.3, 0.4) is 0 Å². The van der Waals surface area contributed by atoms with E-state index in [0.29, 0.717) is 5.92 Å². The molecule has 1 aromatic carbocycles. The number of nitrogens with one attached hydrogen (secondary N) is 1. The molecule has 1 aliphatic carbocycles. The molecule has 0 bridgehead atoms. The highest BCUT2D eigenvalue weighted by Gasteiger charge is 2.39. The maximum atomic E-state index is 5.61. The van der Waals surface area contributed by atoms with E-state index in [-0.39, 0.29) is 6.04 Å². The van der Waals surface area contributed by atoms with Crippen molar-refractivity contribution in [2.24, 2.45) is 17.7 Å². The van der Waals surface area contributed by atoms with Crippen LogP contribution in [0.4, 0.5) is 0 Å². The summed E-state index contributed by atoms with van der Waals surface area (Å²) < 4.78 is 5.21. The smallest absolute Gasteiger partial charge is 0.119 e. The molecule has 3 N–H and O–H groups in total. The lowest BCUT2D eigenvalue weighted by molar-refractivity contribution is 0.411. The molecule has 0 radical (unpaired) electrons. The van der Waals surface area contributed by atoms with Gasteiger partial charge in [0.1, 0.15) is 5.75 Å². The van der Waals surface area contributed by atoms with E-state index in [1.54, 1.807) is 7.11 Å². The van der Waals surface area contributed by atoms with Crippen LogP contribution in [0.5, 0.6) is 5.75 Å². The van der Waals surface area contributed by atoms with Gasteiger partial charge >= 0.3 is 0 Å². The number of rotatable bonds is 4. The molecule has 0 spiro atoms. The van der Waals surface area contributed by atoms with Gasteiger partial charge in [-0.15, -0.1) is 0 Å². The molecule has 0 saturated heterocycles. The highest BCUT2D eigenvalue weighted by molar-refractivity contribution is 5.31. The predicted octanol–water partition coefficient (Wildman–Crippen LogP) is 1.86. The molecule has 15 heavy (non-hydrogen) atoms. The Morgan fingerprint density at radius 3 is 2.80 bits per heavy atom. The molecular formula is C12H18N2O. The van der Waals surface area contributed by atoms with Gasteiger partial charge in [0.25, 0.3) is 0 Å². The summed E-state index contributed by atoms with van der Waals surface area (Å²) in [5.74, 6) is 7.94. The van der Waals surface area contributed by atoms with Crippen LogP contribution in [-0.4, -0.2) is 7.11 Å². The molecule has 0 heterocycles. The van der Waals surface area contributed by atoms with Crippen LogP contribution in [0, 0.1) is 11.8 Å². The summed E-state index contributed by atoms with van der Waals surface area (Å²) in [6.07, 6.45) is 1.26. The maximum absolute atomic E-state index is 5.61. The van der Waals surface area contributed by atoms with E-state index in [9.17, 15) is 0 Å². The van der Waals surface area contributed by atoms with Crippen molar-refractivity contribution in [2.45, 2.75) is 19.4 Å². The largest absolute Gasteiger partial charge is 0.497 e. The van der Waals surface area contributed by atoms with E-state index in [1.165, 1.54) is 12.0 Å². The van der Waals surface area contributed by atoms with Crippen molar-refractivity contribution < 1.29 is 4.74 Å². The van der Waals surface area contributed by atoms with Gasteiger partial charge in [0, 0.05) is 6.04 Å². The van der Waals surface area contributed by atoms with Crippen LogP contribution >= 0.6 is 0 Å². The van der Waals surface area contributed by atoms with Crippen LogP contribution in [0.15, 0.2) is 24.3 Å². The molecule has 1 fully saturated rings. The average molecular weight is 206 g/mol. The molecule has 3 heteroatoms. The fourth-order valence-corrected chi connectivity index (χ4v) is 2.12. The zero-order valence-electron chi connectivity index (χ0n) is 9.23. The Labute approximate surface area is 90.6 Å². The van der Waals surface area contributed by atoms with Gasteiger partial charge in [-0.1, -0.05) is 19.1 Å². The minimum Gasteiger partial charge on any atom is -0.497 e. The van der Waals surface area contributed by atoms with Gasteiger partial charge in [-0.2, -0.15) is 0 Å². The fraction of sp³-hybridized carbons (Fsp3) is 0.500. The second-order valence-electron chi connectivity index (χ2n) is 4.30. The van der Waals surface area contributed by atoms with Gasteiger partial charge in [0.05, 0.1) is 7.11 Å². The molecule has 1 aromatic rings. The van der Waals surface area contributed by atoms with Crippen molar-refractivity contribution in [1.29, 1.82) is 0 Å². The van der Waals surface area contributed by atoms with Crippen LogP contribution in [0.25, 0.3) is 0 Å². The molecule has 1 aliphatic rings. The number of benzene rings is 1. The number of nitrogens with two attached hydrogens (primary N) is 1. The molecule has 0 aromatic heterocycles. The van der Waals surface area contributed by atoms with Gasteiger partial charge in [-0.3, -0.25) is 11.3 Å². The van der Waals surface area contributed by atoms with E-state index in [1.807, 2.05) is 12.1 Å². The van der Waals surface area contributed by atoms with Gasteiger partial charge in [0.15, 0.2) is 0 Å². The number of methoxy groups -OCH3 is 1. The highest BCUT2D eigenvalue weighted by Crippen LogP contribution is 2.46. The minimum absolute atomic E-state index is 0.259. The highest BCUT2D eigenvalue weighted by atomic mass is 16.5. The van der Waals surface area contributed by atoms with E-state index in [4.69, 9.17) is 10.6 Å². The van der Waals surface area contributed by atoms with Gasteiger partial charge in [-0.25, -0.2) is 0 Å². The van der Waals surface area contributed by atoms with E-state index < -0.39 is 0 Å². The Morgan fingerprint density at radius 2 is 2.27 bits per heavy atom. The number of hydrazine groups is 1. The SMILES string of the molecule is COc1cccc(C(NN)C2CC2C)c1. The molecule has 3 unspecified atom stereocenters. The van der Waals surface area contributed by atoms with Crippen molar-refractivity contribution in [3.63, 3.8) is 0 Å². The monoisotopic (exact) mass is 206 g/mol. The first-order chi connectivity index (χ1) is 7.26. The first-order valence-electron chi connectivity index (χ1n) is 5.36. The molecule has 1 saturated carbocycles. The molecule has 0 aliphatic heterocycles. The Balaban J connectivity index is 2.18. The third-order valence-electron chi connectivity index (χ3n) is 3.23. The second-order valence-corrected chi connectivity index (χ2v) is 4.30. The first-order valence-corrected chi connectivity index (χ1v) is 5.36. The lowest BCUT2D eigenvalue weighted by Crippen LogP contribution is -2.29. The summed E-state index contributed by atoms with van der Waals surface area (Å²) >= 11 is 0. The van der Waals surface area contributed by atoms with Crippen molar-refractivity contribution >= 4 is 0 Å². The van der Waals surface area contributed by atoms with Crippen LogP contribution in [0.1, 0.15) is 24.9 Å². The summed E-state index contributed by atoms with van der Waals surface area (Å²) in [6.45, 7) is 2.26. The summed E-state index contributed by atoms with van der Waals surface area (Å²) in [5, 5.41) is 0. The third kappa shape index (κ3) is 2.13. The van der Waals surface area contributed by atoms with Crippen molar-refractivity contribution in [2.75, 3.05) is 7.11 Å². The summed E-state index contributed by atoms with van der Waals surface area (Å²) in [5.41, 5.74) is 4.12. The fourth-order valence-electron chi connectivity index (χ4n) is 2.12. The van der Waals surface area contributed by atoms with E-state index in [2.05, 4.69) is 24.5 Å². The van der Waals surface area contributed by atoms with Gasteiger partial charge < -0.3 is 4.74 Å². The summed E-state index contributed by atoms with van der Waals surface area (Å²) in [6, 6.07) is 8.36. The van der Waals surface area contributed by atoms with E-state index in [0.717, 1.165) is 11.7 Å². The zero-order valence-corrected chi connectivity index (χ0v) is 9.23.